The van der Waals surface area contributed by atoms with E-state index in [0.29, 0.717) is 12.3 Å². The van der Waals surface area contributed by atoms with Crippen molar-refractivity contribution in [2.75, 3.05) is 0 Å². The van der Waals surface area contributed by atoms with E-state index in [2.05, 4.69) is 18.2 Å². The van der Waals surface area contributed by atoms with E-state index in [-0.39, 0.29) is 30.4 Å². The number of esters is 1. The second kappa shape index (κ2) is 10.2. The van der Waals surface area contributed by atoms with Gasteiger partial charge in [-0.15, -0.1) is 11.3 Å². The van der Waals surface area contributed by atoms with Crippen LogP contribution < -0.4 is 0 Å². The molecule has 1 saturated heterocycles. The molecule has 2 aromatic carbocycles. The lowest BCUT2D eigenvalue weighted by Crippen LogP contribution is -2.45. The van der Waals surface area contributed by atoms with Gasteiger partial charge in [0.05, 0.1) is 33.9 Å². The average Bonchev–Trinajstić information content (AvgIpc) is 3.56. The second-order valence-electron chi connectivity index (χ2n) is 11.8. The van der Waals surface area contributed by atoms with Crippen LogP contribution >= 0.6 is 11.3 Å². The van der Waals surface area contributed by atoms with Crippen LogP contribution in [0, 0.1) is 12.7 Å². The highest BCUT2D eigenvalue weighted by Crippen LogP contribution is 2.47. The van der Waals surface area contributed by atoms with Gasteiger partial charge in [0.2, 0.25) is 0 Å². The highest BCUT2D eigenvalue weighted by Gasteiger charge is 2.36. The summed E-state index contributed by atoms with van der Waals surface area (Å²) in [5.41, 5.74) is 4.78. The van der Waals surface area contributed by atoms with Crippen LogP contribution in [0.1, 0.15) is 82.4 Å². The Morgan fingerprint density at radius 1 is 1.21 bits per heavy atom. The SMILES string of the molecule is Cc1nc2c(-c3ccc(F)cc3)c(/C=C/[C@@H]3C[C@H](CC(=O)OC(C)(C)C)OC(C)(C)O3)c(C3CC3)cc2s1. The maximum atomic E-state index is 13.8. The molecular formula is C31H36FNO4S. The molecule has 1 aromatic heterocycles. The fourth-order valence-electron chi connectivity index (χ4n) is 5.20. The smallest absolute Gasteiger partial charge is 0.308 e. The molecular weight excluding hydrogens is 501 g/mol. The average molecular weight is 538 g/mol. The van der Waals surface area contributed by atoms with E-state index in [4.69, 9.17) is 19.2 Å². The van der Waals surface area contributed by atoms with Crippen LogP contribution in [0.4, 0.5) is 4.39 Å². The molecule has 0 bridgehead atoms. The molecule has 2 heterocycles. The minimum absolute atomic E-state index is 0.173. The van der Waals surface area contributed by atoms with Crippen molar-refractivity contribution in [1.29, 1.82) is 0 Å². The third kappa shape index (κ3) is 6.33. The molecule has 202 valence electrons. The van der Waals surface area contributed by atoms with E-state index in [1.54, 1.807) is 11.3 Å². The van der Waals surface area contributed by atoms with Crippen LogP contribution in [-0.4, -0.2) is 34.5 Å². The number of ether oxygens (including phenoxy) is 3. The van der Waals surface area contributed by atoms with Gasteiger partial charge in [-0.3, -0.25) is 4.79 Å². The molecule has 2 atom stereocenters. The zero-order chi connectivity index (χ0) is 27.2. The van der Waals surface area contributed by atoms with E-state index in [1.165, 1.54) is 17.7 Å². The molecule has 0 amide bonds. The van der Waals surface area contributed by atoms with E-state index < -0.39 is 11.4 Å². The summed E-state index contributed by atoms with van der Waals surface area (Å²) in [7, 11) is 0. The number of nitrogens with zero attached hydrogens (tertiary/aromatic N) is 1. The predicted octanol–water partition coefficient (Wildman–Crippen LogP) is 7.94. The Bertz CT molecular complexity index is 1370. The quantitative estimate of drug-likeness (QED) is 0.299. The standard InChI is InChI=1S/C31H36FNO4S/c1-18-33-29-26(38-18)17-25(19-7-8-19)24(28(29)20-9-11-21(32)12-10-20)14-13-22-15-23(36-31(5,6)35-22)16-27(34)37-30(2,3)4/h9-14,17,19,22-23H,7-8,15-16H2,1-6H3/b14-13+/t22-,23-/m1/s1. The lowest BCUT2D eigenvalue weighted by Gasteiger charge is -2.39. The molecule has 0 spiro atoms. The van der Waals surface area contributed by atoms with Gasteiger partial charge in [0.1, 0.15) is 11.4 Å². The number of hydrogen-bond donors (Lipinski definition) is 0. The number of thiazole rings is 1. The Balaban J connectivity index is 1.50. The third-order valence-electron chi connectivity index (χ3n) is 6.69. The highest BCUT2D eigenvalue weighted by molar-refractivity contribution is 7.18. The molecule has 1 aliphatic heterocycles. The van der Waals surface area contributed by atoms with Gasteiger partial charge in [-0.25, -0.2) is 9.37 Å². The molecule has 3 aromatic rings. The largest absolute Gasteiger partial charge is 0.460 e. The first-order valence-electron chi connectivity index (χ1n) is 13.3. The van der Waals surface area contributed by atoms with Crippen LogP contribution in [0.25, 0.3) is 27.4 Å². The van der Waals surface area contributed by atoms with Gasteiger partial charge in [-0.05, 0) is 95.2 Å². The van der Waals surface area contributed by atoms with Crippen molar-refractivity contribution in [2.45, 2.75) is 96.7 Å². The molecule has 0 radical (unpaired) electrons. The fourth-order valence-corrected chi connectivity index (χ4v) is 6.08. The predicted molar refractivity (Wildman–Crippen MR) is 150 cm³/mol. The van der Waals surface area contributed by atoms with Crippen molar-refractivity contribution in [3.05, 3.63) is 58.4 Å². The molecule has 0 N–H and O–H groups in total. The summed E-state index contributed by atoms with van der Waals surface area (Å²) in [5, 5.41) is 1.01. The molecule has 2 aliphatic rings. The fraction of sp³-hybridized carbons (Fsp3) is 0.484. The monoisotopic (exact) mass is 537 g/mol. The van der Waals surface area contributed by atoms with Gasteiger partial charge in [0.25, 0.3) is 0 Å². The van der Waals surface area contributed by atoms with E-state index in [0.717, 1.165) is 44.8 Å². The van der Waals surface area contributed by atoms with E-state index in [1.807, 2.05) is 53.7 Å². The minimum Gasteiger partial charge on any atom is -0.460 e. The van der Waals surface area contributed by atoms with Gasteiger partial charge >= 0.3 is 5.97 Å². The number of fused-ring (bicyclic) bond motifs is 1. The molecule has 0 unspecified atom stereocenters. The Labute approximate surface area is 228 Å². The summed E-state index contributed by atoms with van der Waals surface area (Å²) in [4.78, 5) is 17.4. The maximum absolute atomic E-state index is 13.8. The van der Waals surface area contributed by atoms with Crippen molar-refractivity contribution in [3.8, 4) is 11.1 Å². The first-order chi connectivity index (χ1) is 17.9. The molecule has 1 saturated carbocycles. The van der Waals surface area contributed by atoms with Crippen LogP contribution in [0.5, 0.6) is 0 Å². The number of rotatable bonds is 6. The molecule has 5 rings (SSSR count). The van der Waals surface area contributed by atoms with E-state index in [9.17, 15) is 9.18 Å². The topological polar surface area (TPSA) is 57.7 Å². The lowest BCUT2D eigenvalue weighted by molar-refractivity contribution is -0.290. The van der Waals surface area contributed by atoms with Gasteiger partial charge in [0, 0.05) is 12.0 Å². The highest BCUT2D eigenvalue weighted by atomic mass is 32.1. The zero-order valence-electron chi connectivity index (χ0n) is 23.0. The van der Waals surface area contributed by atoms with Gasteiger partial charge in [0.15, 0.2) is 5.79 Å². The zero-order valence-corrected chi connectivity index (χ0v) is 23.8. The summed E-state index contributed by atoms with van der Waals surface area (Å²) in [6, 6.07) is 8.95. The van der Waals surface area contributed by atoms with Gasteiger partial charge < -0.3 is 14.2 Å². The number of aromatic nitrogens is 1. The minimum atomic E-state index is -0.838. The molecule has 5 nitrogen and oxygen atoms in total. The molecule has 1 aliphatic carbocycles. The lowest BCUT2D eigenvalue weighted by atomic mass is 9.91. The summed E-state index contributed by atoms with van der Waals surface area (Å²) >= 11 is 1.69. The summed E-state index contributed by atoms with van der Waals surface area (Å²) in [5.74, 6) is -0.868. The van der Waals surface area contributed by atoms with Gasteiger partial charge in [-0.1, -0.05) is 24.3 Å². The number of carbonyl (C=O) groups is 1. The molecule has 2 fully saturated rings. The number of benzene rings is 2. The van der Waals surface area contributed by atoms with Crippen LogP contribution in [0.15, 0.2) is 36.4 Å². The number of aryl methyl sites for hydroxylation is 1. The summed E-state index contributed by atoms with van der Waals surface area (Å²) < 4.78 is 32.8. The molecule has 38 heavy (non-hydrogen) atoms. The Kier molecular flexibility index (Phi) is 7.22. The van der Waals surface area contributed by atoms with Crippen molar-refractivity contribution < 1.29 is 23.4 Å². The number of halogens is 1. The summed E-state index contributed by atoms with van der Waals surface area (Å²) in [6.07, 6.45) is 6.69. The number of hydrogen-bond acceptors (Lipinski definition) is 6. The van der Waals surface area contributed by atoms with Crippen molar-refractivity contribution in [3.63, 3.8) is 0 Å². The number of carbonyl (C=O) groups excluding carboxylic acids is 1. The van der Waals surface area contributed by atoms with Crippen LogP contribution in [0.3, 0.4) is 0 Å². The third-order valence-corrected chi connectivity index (χ3v) is 7.60. The maximum Gasteiger partial charge on any atom is 0.308 e. The normalized spacial score (nSPS) is 21.8. The summed E-state index contributed by atoms with van der Waals surface area (Å²) in [6.45, 7) is 11.4. The second-order valence-corrected chi connectivity index (χ2v) is 13.0. The van der Waals surface area contributed by atoms with Gasteiger partial charge in [-0.2, -0.15) is 0 Å². The first kappa shape index (κ1) is 27.0. The Morgan fingerprint density at radius 2 is 1.92 bits per heavy atom. The first-order valence-corrected chi connectivity index (χ1v) is 14.1. The van der Waals surface area contributed by atoms with E-state index >= 15 is 0 Å². The van der Waals surface area contributed by atoms with Crippen molar-refractivity contribution in [2.24, 2.45) is 0 Å². The van der Waals surface area contributed by atoms with Crippen LogP contribution in [-0.2, 0) is 19.0 Å². The van der Waals surface area contributed by atoms with Crippen LogP contribution in [0.2, 0.25) is 0 Å². The van der Waals surface area contributed by atoms with Crippen molar-refractivity contribution >= 4 is 33.6 Å². The Hall–Kier alpha value is -2.61. The van der Waals surface area contributed by atoms with Crippen molar-refractivity contribution in [1.82, 2.24) is 4.98 Å². The molecule has 7 heteroatoms. The Morgan fingerprint density at radius 3 is 2.58 bits per heavy atom.